The quantitative estimate of drug-likeness (QED) is 0.169. The van der Waals surface area contributed by atoms with E-state index in [0.29, 0.717) is 52.9 Å². The van der Waals surface area contributed by atoms with E-state index in [-0.39, 0.29) is 58.7 Å². The predicted molar refractivity (Wildman–Crippen MR) is 120 cm³/mol. The molecule has 0 N–H and O–H groups in total. The van der Waals surface area contributed by atoms with Crippen LogP contribution in [0.2, 0.25) is 39.3 Å². The predicted octanol–water partition coefficient (Wildman–Crippen LogP) is 2.22. The van der Waals surface area contributed by atoms with Crippen LogP contribution in [0, 0.1) is 0 Å². The summed E-state index contributed by atoms with van der Waals surface area (Å²) in [5, 5.41) is 10.0. The van der Waals surface area contributed by atoms with Gasteiger partial charge in [0.05, 0.1) is 52.5 Å². The second-order valence-electron chi connectivity index (χ2n) is 7.64. The molecule has 0 aliphatic rings. The minimum atomic E-state index is -1.11. The average molecular weight is 511 g/mol. The Morgan fingerprint density at radius 3 is 1.25 bits per heavy atom. The van der Waals surface area contributed by atoms with E-state index in [1.807, 2.05) is 0 Å². The molecule has 0 fully saturated rings. The van der Waals surface area contributed by atoms with Gasteiger partial charge in [0.15, 0.2) is 0 Å². The van der Waals surface area contributed by atoms with Gasteiger partial charge in [-0.3, -0.25) is 0 Å². The van der Waals surface area contributed by atoms with Crippen molar-refractivity contribution in [1.82, 2.24) is 0 Å². The van der Waals surface area contributed by atoms with Gasteiger partial charge in [0.25, 0.3) is 0 Å². The van der Waals surface area contributed by atoms with Crippen molar-refractivity contribution in [1.29, 1.82) is 0 Å². The molecule has 0 unspecified atom stereocenters. The standard InChI is InChI=1S/C12H23O6.C6H18NSi2.Sr/c1-2-14-5-6-16-9-10-18-12-11-17-8-7-15-4-3-13;1-8(2,3)7-9(4,5)6;/h2H,1,3-12H2;1-6H3;/q2*-1;+2. The van der Waals surface area contributed by atoms with Crippen molar-refractivity contribution in [2.45, 2.75) is 39.3 Å². The topological polar surface area (TPSA) is 83.3 Å². The van der Waals surface area contributed by atoms with E-state index in [2.05, 4.69) is 45.9 Å². The van der Waals surface area contributed by atoms with Crippen molar-refractivity contribution in [3.05, 3.63) is 17.5 Å². The number of rotatable bonds is 17. The van der Waals surface area contributed by atoms with Gasteiger partial charge < -0.3 is 33.4 Å². The summed E-state index contributed by atoms with van der Waals surface area (Å²) in [6.45, 7) is 21.3. The van der Waals surface area contributed by atoms with Crippen LogP contribution in [0.4, 0.5) is 0 Å². The minimum absolute atomic E-state index is 0. The molecule has 10 heteroatoms. The van der Waals surface area contributed by atoms with E-state index < -0.39 is 16.5 Å². The molecule has 0 rings (SSSR count). The number of hydrogen-bond donors (Lipinski definition) is 0. The Labute approximate surface area is 211 Å². The van der Waals surface area contributed by atoms with Crippen LogP contribution in [0.25, 0.3) is 4.65 Å². The van der Waals surface area contributed by atoms with Gasteiger partial charge in [0.2, 0.25) is 0 Å². The molecule has 0 atom stereocenters. The number of nitrogens with zero attached hydrogens (tertiary/aromatic N) is 1. The first-order valence-corrected chi connectivity index (χ1v) is 16.4. The summed E-state index contributed by atoms with van der Waals surface area (Å²) in [7, 11) is -2.21. The molecule has 28 heavy (non-hydrogen) atoms. The van der Waals surface area contributed by atoms with Gasteiger partial charge in [0, 0.05) is 6.61 Å². The average Bonchev–Trinajstić information content (AvgIpc) is 2.52. The molecule has 0 spiro atoms. The van der Waals surface area contributed by atoms with Crippen LogP contribution in [0.15, 0.2) is 12.8 Å². The Hall–Kier alpha value is 1.21. The van der Waals surface area contributed by atoms with Gasteiger partial charge in [-0.1, -0.05) is 62.3 Å². The Morgan fingerprint density at radius 1 is 0.679 bits per heavy atom. The van der Waals surface area contributed by atoms with Crippen molar-refractivity contribution < 1.29 is 28.8 Å². The fraction of sp³-hybridized carbons (Fsp3) is 0.889. The molecule has 0 aromatic rings. The minimum Gasteiger partial charge on any atom is -0.853 e. The van der Waals surface area contributed by atoms with E-state index in [1.54, 1.807) is 0 Å². The monoisotopic (exact) mass is 511 g/mol. The molecule has 0 bridgehead atoms. The Bertz CT molecular complexity index is 316. The van der Waals surface area contributed by atoms with Crippen LogP contribution >= 0.6 is 0 Å². The molecular weight excluding hydrogens is 470 g/mol. The molecule has 0 aromatic carbocycles. The number of hydrogen-bond acceptors (Lipinski definition) is 6. The molecule has 0 saturated carbocycles. The molecule has 0 saturated heterocycles. The molecule has 164 valence electrons. The van der Waals surface area contributed by atoms with Crippen molar-refractivity contribution in [2.24, 2.45) is 0 Å². The summed E-state index contributed by atoms with van der Waals surface area (Å²) in [5.74, 6) is 0. The van der Waals surface area contributed by atoms with Crippen molar-refractivity contribution >= 4 is 62.0 Å². The molecular formula is C18H41NO6Si2Sr. The molecule has 0 amide bonds. The zero-order chi connectivity index (χ0) is 21.0. The van der Waals surface area contributed by atoms with E-state index in [0.717, 1.165) is 0 Å². The summed E-state index contributed by atoms with van der Waals surface area (Å²) >= 11 is 0. The molecule has 7 nitrogen and oxygen atoms in total. The molecule has 0 aliphatic heterocycles. The molecule has 0 heterocycles. The summed E-state index contributed by atoms with van der Waals surface area (Å²) in [4.78, 5) is 0. The van der Waals surface area contributed by atoms with Crippen LogP contribution in [-0.4, -0.2) is 128 Å². The fourth-order valence-corrected chi connectivity index (χ4v) is 10.1. The van der Waals surface area contributed by atoms with Crippen molar-refractivity contribution in [2.75, 3.05) is 66.1 Å². The van der Waals surface area contributed by atoms with Crippen molar-refractivity contribution in [3.63, 3.8) is 0 Å². The first kappa shape index (κ1) is 33.8. The summed E-state index contributed by atoms with van der Waals surface area (Å²) in [5.41, 5.74) is 0. The molecule has 0 aromatic heterocycles. The summed E-state index contributed by atoms with van der Waals surface area (Å²) in [6, 6.07) is 0. The third-order valence-corrected chi connectivity index (χ3v) is 7.84. The third kappa shape index (κ3) is 37.9. The molecule has 0 radical (unpaired) electrons. The van der Waals surface area contributed by atoms with Gasteiger partial charge >= 0.3 is 45.5 Å². The Balaban J connectivity index is -0.000000530. The summed E-state index contributed by atoms with van der Waals surface area (Å²) < 4.78 is 30.4. The van der Waals surface area contributed by atoms with Gasteiger partial charge in [-0.25, -0.2) is 0 Å². The van der Waals surface area contributed by atoms with Gasteiger partial charge in [-0.15, -0.1) is 6.61 Å². The normalized spacial score (nSPS) is 11.2. The van der Waals surface area contributed by atoms with Crippen LogP contribution in [0.5, 0.6) is 0 Å². The van der Waals surface area contributed by atoms with Crippen LogP contribution < -0.4 is 5.11 Å². The maximum atomic E-state index is 10.0. The third-order valence-electron chi connectivity index (χ3n) is 2.48. The van der Waals surface area contributed by atoms with Gasteiger partial charge in [-0.05, 0) is 0 Å². The van der Waals surface area contributed by atoms with Crippen LogP contribution in [0.3, 0.4) is 0 Å². The first-order chi connectivity index (χ1) is 12.6. The SMILES string of the molecule is C=COCCOCCOCCOCCOCC[O-].C[Si](C)(C)[N-][Si](C)(C)C.[Sr+2]. The zero-order valence-corrected chi connectivity index (χ0v) is 24.4. The summed E-state index contributed by atoms with van der Waals surface area (Å²) in [6.07, 6.45) is 1.39. The molecule has 0 aliphatic carbocycles. The van der Waals surface area contributed by atoms with E-state index >= 15 is 0 Å². The largest absolute Gasteiger partial charge is 2.00 e. The van der Waals surface area contributed by atoms with E-state index in [4.69, 9.17) is 28.3 Å². The van der Waals surface area contributed by atoms with E-state index in [9.17, 15) is 5.11 Å². The Kier molecular flexibility index (Phi) is 27.7. The Morgan fingerprint density at radius 2 is 1.00 bits per heavy atom. The fourth-order valence-electron chi connectivity index (χ4n) is 2.02. The second-order valence-corrected chi connectivity index (χ2v) is 17.2. The van der Waals surface area contributed by atoms with Crippen LogP contribution in [0.1, 0.15) is 0 Å². The second kappa shape index (κ2) is 22.9. The zero-order valence-electron chi connectivity index (χ0n) is 19.0. The smallest absolute Gasteiger partial charge is 0.853 e. The first-order valence-electron chi connectivity index (χ1n) is 9.48. The maximum absolute atomic E-state index is 10.0. The number of ether oxygens (including phenoxy) is 5. The van der Waals surface area contributed by atoms with E-state index in [1.165, 1.54) is 6.26 Å². The van der Waals surface area contributed by atoms with Crippen molar-refractivity contribution in [3.8, 4) is 0 Å². The van der Waals surface area contributed by atoms with Gasteiger partial charge in [0.1, 0.15) is 6.61 Å². The van der Waals surface area contributed by atoms with Crippen LogP contribution in [-0.2, 0) is 23.7 Å². The maximum Gasteiger partial charge on any atom is 2.00 e. The van der Waals surface area contributed by atoms with Gasteiger partial charge in [-0.2, -0.15) is 0 Å².